The summed E-state index contributed by atoms with van der Waals surface area (Å²) < 4.78 is 17.7. The van der Waals surface area contributed by atoms with Gasteiger partial charge in [-0.25, -0.2) is 4.79 Å². The largest absolute Gasteiger partial charge is 0.489 e. The number of ether oxygens (including phenoxy) is 3. The molecule has 27 heavy (non-hydrogen) atoms. The molecule has 0 aliphatic carbocycles. The summed E-state index contributed by atoms with van der Waals surface area (Å²) in [4.78, 5) is 24.0. The van der Waals surface area contributed by atoms with E-state index in [4.69, 9.17) is 9.47 Å². The van der Waals surface area contributed by atoms with Gasteiger partial charge in [-0.05, 0) is 42.2 Å². The van der Waals surface area contributed by atoms with Crippen LogP contribution < -0.4 is 9.47 Å². The lowest BCUT2D eigenvalue weighted by molar-refractivity contribution is -0.142. The van der Waals surface area contributed by atoms with Crippen molar-refractivity contribution in [3.8, 4) is 11.5 Å². The number of halogens is 1. The van der Waals surface area contributed by atoms with Gasteiger partial charge in [-0.2, -0.15) is 0 Å². The Bertz CT molecular complexity index is 644. The summed E-state index contributed by atoms with van der Waals surface area (Å²) in [5.41, 5.74) is 1.51. The Balaban J connectivity index is 2.13. The number of ketones is 1. The zero-order chi connectivity index (χ0) is 19.6. The average molecular weight is 488 g/mol. The number of hydrogen-bond donors (Lipinski definition) is 0. The monoisotopic (exact) mass is 488 g/mol. The Labute approximate surface area is 175 Å². The summed E-state index contributed by atoms with van der Waals surface area (Å²) in [6, 6.07) is 3.51. The van der Waals surface area contributed by atoms with Gasteiger partial charge in [-0.1, -0.05) is 48.8 Å². The molecule has 0 aromatic heterocycles. The third-order valence-corrected chi connectivity index (χ3v) is 5.46. The molecule has 0 saturated heterocycles. The van der Waals surface area contributed by atoms with Crippen molar-refractivity contribution in [2.24, 2.45) is 0 Å². The molecule has 1 aliphatic heterocycles. The van der Waals surface area contributed by atoms with Gasteiger partial charge in [0, 0.05) is 12.0 Å². The first-order chi connectivity index (χ1) is 13.1. The van der Waals surface area contributed by atoms with E-state index in [1.165, 1.54) is 30.8 Å². The molecular formula is C21H29IO5. The second-order valence-corrected chi connectivity index (χ2v) is 7.87. The Morgan fingerprint density at radius 3 is 2.74 bits per heavy atom. The lowest BCUT2D eigenvalue weighted by Crippen LogP contribution is -2.28. The minimum absolute atomic E-state index is 0.0731. The highest BCUT2D eigenvalue weighted by Gasteiger charge is 2.29. The Morgan fingerprint density at radius 1 is 1.26 bits per heavy atom. The smallest absolute Gasteiger partial charge is 0.343 e. The van der Waals surface area contributed by atoms with E-state index in [1.54, 1.807) is 12.1 Å². The van der Waals surface area contributed by atoms with Crippen molar-refractivity contribution in [3.05, 3.63) is 23.3 Å². The highest BCUT2D eigenvalue weighted by Crippen LogP contribution is 2.38. The van der Waals surface area contributed by atoms with Crippen molar-refractivity contribution in [2.75, 3.05) is 18.1 Å². The molecule has 2 rings (SSSR count). The van der Waals surface area contributed by atoms with Crippen LogP contribution in [-0.4, -0.2) is 36.0 Å². The summed E-state index contributed by atoms with van der Waals surface area (Å²) in [7, 11) is 1.33. The van der Waals surface area contributed by atoms with Crippen molar-refractivity contribution in [3.63, 3.8) is 0 Å². The van der Waals surface area contributed by atoms with Crippen LogP contribution in [0.2, 0.25) is 0 Å². The molecule has 0 bridgehead atoms. The van der Waals surface area contributed by atoms with Crippen molar-refractivity contribution in [1.82, 2.24) is 0 Å². The van der Waals surface area contributed by atoms with Crippen LogP contribution in [0, 0.1) is 0 Å². The number of methoxy groups -OCH3 is 1. The fraction of sp³-hybridized carbons (Fsp3) is 0.619. The van der Waals surface area contributed by atoms with E-state index >= 15 is 0 Å². The number of fused-ring (bicyclic) bond motifs is 1. The summed E-state index contributed by atoms with van der Waals surface area (Å²) >= 11 is 2.40. The number of hydrogen-bond acceptors (Lipinski definition) is 5. The third kappa shape index (κ3) is 6.36. The van der Waals surface area contributed by atoms with Gasteiger partial charge in [0.1, 0.15) is 17.6 Å². The fourth-order valence-electron chi connectivity index (χ4n) is 3.29. The minimum Gasteiger partial charge on any atom is -0.489 e. The topological polar surface area (TPSA) is 61.8 Å². The van der Waals surface area contributed by atoms with Crippen LogP contribution in [-0.2, 0) is 16.0 Å². The number of esters is 1. The number of carbonyl (C=O) groups is 2. The molecule has 6 heteroatoms. The lowest BCUT2D eigenvalue weighted by atomic mass is 9.93. The van der Waals surface area contributed by atoms with Crippen molar-refractivity contribution >= 4 is 34.3 Å². The molecular weight excluding hydrogens is 459 g/mol. The molecule has 0 amide bonds. The fourth-order valence-corrected chi connectivity index (χ4v) is 3.83. The maximum absolute atomic E-state index is 12.6. The van der Waals surface area contributed by atoms with Gasteiger partial charge in [0.2, 0.25) is 0 Å². The maximum atomic E-state index is 12.6. The molecule has 0 fully saturated rings. The molecule has 1 aliphatic rings. The van der Waals surface area contributed by atoms with Gasteiger partial charge in [0.25, 0.3) is 0 Å². The van der Waals surface area contributed by atoms with Gasteiger partial charge in [-0.3, -0.25) is 4.79 Å². The van der Waals surface area contributed by atoms with Gasteiger partial charge in [0.05, 0.1) is 12.7 Å². The number of alkyl halides is 1. The van der Waals surface area contributed by atoms with Crippen molar-refractivity contribution in [2.45, 2.75) is 64.4 Å². The molecule has 5 nitrogen and oxygen atoms in total. The summed E-state index contributed by atoms with van der Waals surface area (Å²) in [5.74, 6) is 0.936. The molecule has 1 heterocycles. The van der Waals surface area contributed by atoms with E-state index in [2.05, 4.69) is 34.3 Å². The van der Waals surface area contributed by atoms with Crippen LogP contribution >= 0.6 is 22.6 Å². The quantitative estimate of drug-likeness (QED) is 0.192. The van der Waals surface area contributed by atoms with E-state index in [1.807, 2.05) is 0 Å². The number of carbonyl (C=O) groups excluding carboxylic acids is 2. The van der Waals surface area contributed by atoms with E-state index in [-0.39, 0.29) is 18.5 Å². The molecule has 1 unspecified atom stereocenters. The second-order valence-electron chi connectivity index (χ2n) is 6.79. The van der Waals surface area contributed by atoms with Crippen LogP contribution in [0.3, 0.4) is 0 Å². The van der Waals surface area contributed by atoms with Gasteiger partial charge in [-0.15, -0.1) is 0 Å². The van der Waals surface area contributed by atoms with E-state index in [9.17, 15) is 9.59 Å². The van der Waals surface area contributed by atoms with E-state index < -0.39 is 5.97 Å². The predicted molar refractivity (Wildman–Crippen MR) is 113 cm³/mol. The van der Waals surface area contributed by atoms with Crippen LogP contribution in [0.25, 0.3) is 0 Å². The minimum atomic E-state index is -0.434. The third-order valence-electron chi connectivity index (χ3n) is 4.70. The molecule has 0 radical (unpaired) electrons. The molecule has 0 N–H and O–H groups in total. The standard InChI is InChI=1S/C21H29IO5/c1-3-8-17-19(26-14-20(24)25-2)11-10-16-18(23)13-15(27-21(16)17)9-6-4-5-7-12-22/h10-11,15H,3-9,12-14H2,1-2H3. The zero-order valence-electron chi connectivity index (χ0n) is 16.2. The van der Waals surface area contributed by atoms with Gasteiger partial charge in [0.15, 0.2) is 12.4 Å². The first kappa shape index (κ1) is 22.0. The number of rotatable bonds is 11. The zero-order valence-corrected chi connectivity index (χ0v) is 18.4. The Kier molecular flexibility index (Phi) is 9.38. The highest BCUT2D eigenvalue weighted by molar-refractivity contribution is 14.1. The summed E-state index contributed by atoms with van der Waals surface area (Å²) in [6.07, 6.45) is 7.61. The van der Waals surface area contributed by atoms with Gasteiger partial charge < -0.3 is 14.2 Å². The van der Waals surface area contributed by atoms with Crippen molar-refractivity contribution in [1.29, 1.82) is 0 Å². The normalized spacial score (nSPS) is 15.8. The highest BCUT2D eigenvalue weighted by atomic mass is 127. The van der Waals surface area contributed by atoms with E-state index in [0.29, 0.717) is 23.5 Å². The molecule has 150 valence electrons. The lowest BCUT2D eigenvalue weighted by Gasteiger charge is -2.28. The van der Waals surface area contributed by atoms with Crippen LogP contribution in [0.5, 0.6) is 11.5 Å². The maximum Gasteiger partial charge on any atom is 0.343 e. The summed E-state index contributed by atoms with van der Waals surface area (Å²) in [5, 5.41) is 0. The molecule has 1 atom stereocenters. The van der Waals surface area contributed by atoms with Crippen LogP contribution in [0.1, 0.15) is 67.8 Å². The Morgan fingerprint density at radius 2 is 2.04 bits per heavy atom. The van der Waals surface area contributed by atoms with Crippen molar-refractivity contribution < 1.29 is 23.8 Å². The first-order valence-electron chi connectivity index (χ1n) is 9.72. The van der Waals surface area contributed by atoms with Gasteiger partial charge >= 0.3 is 5.97 Å². The first-order valence-corrected chi connectivity index (χ1v) is 11.2. The molecule has 1 aromatic carbocycles. The van der Waals surface area contributed by atoms with Crippen LogP contribution in [0.4, 0.5) is 0 Å². The molecule has 0 saturated carbocycles. The molecule has 0 spiro atoms. The predicted octanol–water partition coefficient (Wildman–Crippen LogP) is 4.91. The Hall–Kier alpha value is -1.31. The molecule has 1 aromatic rings. The number of Topliss-reactive ketones (excluding diaryl/α,β-unsaturated/α-hetero) is 1. The second kappa shape index (κ2) is 11.5. The van der Waals surface area contributed by atoms with Crippen LogP contribution in [0.15, 0.2) is 12.1 Å². The van der Waals surface area contributed by atoms with E-state index in [0.717, 1.165) is 31.2 Å². The average Bonchev–Trinajstić information content (AvgIpc) is 2.67. The number of unbranched alkanes of at least 4 members (excludes halogenated alkanes) is 3. The number of benzene rings is 1. The summed E-state index contributed by atoms with van der Waals surface area (Å²) in [6.45, 7) is 1.92. The SMILES string of the molecule is CCCc1c(OCC(=O)OC)ccc2c1OC(CCCCCCI)CC2=O.